The summed E-state index contributed by atoms with van der Waals surface area (Å²) in [7, 11) is 0. The average molecular weight is 279 g/mol. The molecule has 0 aliphatic carbocycles. The van der Waals surface area contributed by atoms with Crippen molar-refractivity contribution in [2.24, 2.45) is 0 Å². The second-order valence-corrected chi connectivity index (χ2v) is 4.69. The lowest BCUT2D eigenvalue weighted by Gasteiger charge is -2.10. The van der Waals surface area contributed by atoms with E-state index in [1.54, 1.807) is 24.3 Å². The molecule has 4 nitrogen and oxygen atoms in total. The van der Waals surface area contributed by atoms with Crippen molar-refractivity contribution in [3.05, 3.63) is 71.8 Å². The number of hydrogen-bond acceptors (Lipinski definition) is 3. The molecule has 2 amide bonds. The van der Waals surface area contributed by atoms with Crippen molar-refractivity contribution in [2.45, 2.75) is 6.42 Å². The fourth-order valence-corrected chi connectivity index (χ4v) is 2.26. The van der Waals surface area contributed by atoms with Crippen LogP contribution in [-0.2, 0) is 6.42 Å². The number of allylic oxidation sites excluding steroid dienone is 1. The molecule has 4 heteroatoms. The Hall–Kier alpha value is -2.88. The third-order valence-corrected chi connectivity index (χ3v) is 3.27. The molecular formula is C17H13NO3. The Morgan fingerprint density at radius 2 is 1.81 bits per heavy atom. The summed E-state index contributed by atoms with van der Waals surface area (Å²) >= 11 is 0. The zero-order chi connectivity index (χ0) is 14.8. The molecule has 2 aromatic carbocycles. The number of rotatable bonds is 4. The van der Waals surface area contributed by atoms with Crippen molar-refractivity contribution in [3.8, 4) is 11.5 Å². The third-order valence-electron chi connectivity index (χ3n) is 3.27. The molecule has 0 fully saturated rings. The van der Waals surface area contributed by atoms with Crippen LogP contribution >= 0.6 is 0 Å². The van der Waals surface area contributed by atoms with E-state index in [0.29, 0.717) is 29.0 Å². The highest BCUT2D eigenvalue weighted by Gasteiger charge is 2.26. The first-order chi connectivity index (χ1) is 10.2. The lowest BCUT2D eigenvalue weighted by molar-refractivity contribution is 0.0879. The molecule has 1 N–H and O–H groups in total. The van der Waals surface area contributed by atoms with Gasteiger partial charge in [-0.2, -0.15) is 0 Å². The zero-order valence-electron chi connectivity index (χ0n) is 11.3. The predicted molar refractivity (Wildman–Crippen MR) is 78.7 cm³/mol. The number of amides is 2. The monoisotopic (exact) mass is 279 g/mol. The molecule has 0 atom stereocenters. The molecule has 104 valence electrons. The molecule has 0 unspecified atom stereocenters. The van der Waals surface area contributed by atoms with Crippen LogP contribution in [0.15, 0.2) is 55.1 Å². The summed E-state index contributed by atoms with van der Waals surface area (Å²) < 4.78 is 5.83. The lowest BCUT2D eigenvalue weighted by atomic mass is 10.1. The molecule has 3 rings (SSSR count). The van der Waals surface area contributed by atoms with Crippen LogP contribution in [0.1, 0.15) is 26.3 Å². The van der Waals surface area contributed by atoms with Crippen molar-refractivity contribution in [2.75, 3.05) is 0 Å². The molecule has 0 saturated heterocycles. The van der Waals surface area contributed by atoms with E-state index in [-0.39, 0.29) is 11.8 Å². The van der Waals surface area contributed by atoms with Gasteiger partial charge in [0.25, 0.3) is 11.8 Å². The molecule has 21 heavy (non-hydrogen) atoms. The molecule has 0 spiro atoms. The first kappa shape index (κ1) is 13.1. The number of ether oxygens (including phenoxy) is 1. The van der Waals surface area contributed by atoms with Gasteiger partial charge < -0.3 is 4.74 Å². The minimum atomic E-state index is -0.389. The van der Waals surface area contributed by atoms with Crippen LogP contribution in [0.3, 0.4) is 0 Å². The number of benzene rings is 2. The van der Waals surface area contributed by atoms with E-state index in [1.165, 1.54) is 0 Å². The first-order valence-electron chi connectivity index (χ1n) is 6.55. The molecule has 0 radical (unpaired) electrons. The van der Waals surface area contributed by atoms with Crippen LogP contribution in [0.5, 0.6) is 11.5 Å². The first-order valence-corrected chi connectivity index (χ1v) is 6.55. The van der Waals surface area contributed by atoms with Crippen LogP contribution < -0.4 is 10.1 Å². The molecule has 1 aliphatic rings. The maximum absolute atomic E-state index is 11.6. The van der Waals surface area contributed by atoms with Crippen LogP contribution in [0, 0.1) is 0 Å². The second kappa shape index (κ2) is 5.25. The average Bonchev–Trinajstić information content (AvgIpc) is 2.76. The quantitative estimate of drug-likeness (QED) is 0.691. The van der Waals surface area contributed by atoms with Gasteiger partial charge in [-0.05, 0) is 36.2 Å². The summed E-state index contributed by atoms with van der Waals surface area (Å²) in [6.07, 6.45) is 2.50. The zero-order valence-corrected chi connectivity index (χ0v) is 11.3. The number of para-hydroxylation sites is 1. The Balaban J connectivity index is 1.93. The maximum atomic E-state index is 11.6. The fraction of sp³-hybridized carbons (Fsp3) is 0.0588. The van der Waals surface area contributed by atoms with Gasteiger partial charge in [-0.25, -0.2) is 0 Å². The van der Waals surface area contributed by atoms with E-state index in [1.807, 2.05) is 24.3 Å². The van der Waals surface area contributed by atoms with Gasteiger partial charge in [-0.1, -0.05) is 24.3 Å². The number of imide groups is 1. The molecular weight excluding hydrogens is 266 g/mol. The topological polar surface area (TPSA) is 55.4 Å². The summed E-state index contributed by atoms with van der Waals surface area (Å²) in [5, 5.41) is 2.26. The normalized spacial score (nSPS) is 12.8. The van der Waals surface area contributed by atoms with E-state index in [2.05, 4.69) is 11.9 Å². The van der Waals surface area contributed by atoms with E-state index >= 15 is 0 Å². The molecule has 0 bridgehead atoms. The number of nitrogens with one attached hydrogen (secondary N) is 1. The Morgan fingerprint density at radius 1 is 1.05 bits per heavy atom. The molecule has 1 heterocycles. The smallest absolute Gasteiger partial charge is 0.259 e. The van der Waals surface area contributed by atoms with Crippen molar-refractivity contribution in [3.63, 3.8) is 0 Å². The predicted octanol–water partition coefficient (Wildman–Crippen LogP) is 3.09. The van der Waals surface area contributed by atoms with E-state index in [4.69, 9.17) is 4.74 Å². The second-order valence-electron chi connectivity index (χ2n) is 4.69. The highest BCUT2D eigenvalue weighted by atomic mass is 16.5. The van der Waals surface area contributed by atoms with Crippen molar-refractivity contribution in [1.29, 1.82) is 0 Å². The lowest BCUT2D eigenvalue weighted by Crippen LogP contribution is -2.19. The number of fused-ring (bicyclic) bond motifs is 1. The molecule has 0 aromatic heterocycles. The largest absolute Gasteiger partial charge is 0.457 e. The number of carbonyl (C=O) groups is 2. The van der Waals surface area contributed by atoms with Gasteiger partial charge in [0.05, 0.1) is 11.1 Å². The summed E-state index contributed by atoms with van der Waals surface area (Å²) in [6.45, 7) is 3.72. The fourth-order valence-electron chi connectivity index (χ4n) is 2.26. The van der Waals surface area contributed by atoms with Gasteiger partial charge in [-0.3, -0.25) is 14.9 Å². The van der Waals surface area contributed by atoms with Gasteiger partial charge in [0.1, 0.15) is 11.5 Å². The van der Waals surface area contributed by atoms with Crippen LogP contribution in [0.25, 0.3) is 0 Å². The van der Waals surface area contributed by atoms with Crippen molar-refractivity contribution in [1.82, 2.24) is 5.32 Å². The van der Waals surface area contributed by atoms with Gasteiger partial charge in [0.15, 0.2) is 0 Å². The van der Waals surface area contributed by atoms with Gasteiger partial charge in [0.2, 0.25) is 0 Å². The molecule has 1 aliphatic heterocycles. The highest BCUT2D eigenvalue weighted by Crippen LogP contribution is 2.28. The van der Waals surface area contributed by atoms with Gasteiger partial charge in [0, 0.05) is 0 Å². The van der Waals surface area contributed by atoms with E-state index in [0.717, 1.165) is 5.56 Å². The minimum Gasteiger partial charge on any atom is -0.457 e. The van der Waals surface area contributed by atoms with Crippen molar-refractivity contribution >= 4 is 11.8 Å². The minimum absolute atomic E-state index is 0.346. The van der Waals surface area contributed by atoms with Crippen molar-refractivity contribution < 1.29 is 14.3 Å². The van der Waals surface area contributed by atoms with E-state index in [9.17, 15) is 9.59 Å². The number of carbonyl (C=O) groups excluding carboxylic acids is 2. The summed E-state index contributed by atoms with van der Waals surface area (Å²) in [5.41, 5.74) is 1.74. The maximum Gasteiger partial charge on any atom is 0.259 e. The summed E-state index contributed by atoms with van der Waals surface area (Å²) in [4.78, 5) is 23.2. The highest BCUT2D eigenvalue weighted by molar-refractivity contribution is 6.21. The summed E-state index contributed by atoms with van der Waals surface area (Å²) in [6, 6.07) is 12.5. The Bertz CT molecular complexity index is 749. The third kappa shape index (κ3) is 2.43. The standard InChI is InChI=1S/C17H13NO3/c1-2-5-11-6-3-4-7-15(11)21-12-8-9-13-14(10-12)17(20)18-16(13)19/h2-4,6-10H,1,5H2,(H,18,19,20). The van der Waals surface area contributed by atoms with E-state index < -0.39 is 0 Å². The van der Waals surface area contributed by atoms with Crippen LogP contribution in [0.2, 0.25) is 0 Å². The molecule has 2 aromatic rings. The number of hydrogen-bond donors (Lipinski definition) is 1. The van der Waals surface area contributed by atoms with Gasteiger partial charge >= 0.3 is 0 Å². The summed E-state index contributed by atoms with van der Waals surface area (Å²) in [5.74, 6) is 0.477. The Labute approximate surface area is 122 Å². The van der Waals surface area contributed by atoms with Gasteiger partial charge in [-0.15, -0.1) is 6.58 Å². The SMILES string of the molecule is C=CCc1ccccc1Oc1ccc2c(c1)C(=O)NC2=O. The Morgan fingerprint density at radius 3 is 2.62 bits per heavy atom. The van der Waals surface area contributed by atoms with Crippen LogP contribution in [0.4, 0.5) is 0 Å². The van der Waals surface area contributed by atoms with Crippen LogP contribution in [-0.4, -0.2) is 11.8 Å². The molecule has 0 saturated carbocycles. The Kier molecular flexibility index (Phi) is 3.28.